The SMILES string of the molecule is COCc1nc(-c2ccc(Cl)cn2)nc(N)c1Br. The highest BCUT2D eigenvalue weighted by Gasteiger charge is 2.12. The van der Waals surface area contributed by atoms with E-state index in [1.165, 1.54) is 6.20 Å². The third-order valence-corrected chi connectivity index (χ3v) is 3.27. The summed E-state index contributed by atoms with van der Waals surface area (Å²) in [5, 5.41) is 0.556. The van der Waals surface area contributed by atoms with Gasteiger partial charge in [0.2, 0.25) is 0 Å². The van der Waals surface area contributed by atoms with Gasteiger partial charge in [-0.2, -0.15) is 0 Å². The van der Waals surface area contributed by atoms with Gasteiger partial charge < -0.3 is 10.5 Å². The fourth-order valence-corrected chi connectivity index (χ4v) is 1.77. The highest BCUT2D eigenvalue weighted by molar-refractivity contribution is 9.10. The topological polar surface area (TPSA) is 73.9 Å². The van der Waals surface area contributed by atoms with E-state index < -0.39 is 0 Å². The zero-order valence-electron chi connectivity index (χ0n) is 9.52. The van der Waals surface area contributed by atoms with Crippen LogP contribution in [0.4, 0.5) is 5.82 Å². The summed E-state index contributed by atoms with van der Waals surface area (Å²) in [4.78, 5) is 12.7. The number of methoxy groups -OCH3 is 1. The molecule has 0 aliphatic rings. The van der Waals surface area contributed by atoms with Crippen molar-refractivity contribution in [2.45, 2.75) is 6.61 Å². The van der Waals surface area contributed by atoms with Crippen LogP contribution in [-0.2, 0) is 11.3 Å². The van der Waals surface area contributed by atoms with Crippen LogP contribution in [0.1, 0.15) is 5.69 Å². The second kappa shape index (κ2) is 5.60. The summed E-state index contributed by atoms with van der Waals surface area (Å²) >= 11 is 9.11. The fourth-order valence-electron chi connectivity index (χ4n) is 1.37. The second-order valence-corrected chi connectivity index (χ2v) is 4.72. The zero-order valence-corrected chi connectivity index (χ0v) is 11.9. The molecular weight excluding hydrogens is 320 g/mol. The lowest BCUT2D eigenvalue weighted by Gasteiger charge is -2.07. The Balaban J connectivity index is 2.48. The van der Waals surface area contributed by atoms with E-state index in [1.807, 2.05) is 0 Å². The Hall–Kier alpha value is -1.24. The van der Waals surface area contributed by atoms with Crippen molar-refractivity contribution < 1.29 is 4.74 Å². The van der Waals surface area contributed by atoms with Crippen molar-refractivity contribution in [2.24, 2.45) is 0 Å². The van der Waals surface area contributed by atoms with Gasteiger partial charge in [-0.05, 0) is 28.1 Å². The van der Waals surface area contributed by atoms with Crippen LogP contribution in [0.3, 0.4) is 0 Å². The van der Waals surface area contributed by atoms with Crippen molar-refractivity contribution in [2.75, 3.05) is 12.8 Å². The number of halogens is 2. The van der Waals surface area contributed by atoms with Crippen LogP contribution < -0.4 is 5.73 Å². The zero-order chi connectivity index (χ0) is 13.1. The average molecular weight is 330 g/mol. The molecule has 94 valence electrons. The molecule has 0 atom stereocenters. The summed E-state index contributed by atoms with van der Waals surface area (Å²) in [6, 6.07) is 3.46. The van der Waals surface area contributed by atoms with Crippen LogP contribution in [0.5, 0.6) is 0 Å². The van der Waals surface area contributed by atoms with E-state index in [2.05, 4.69) is 30.9 Å². The van der Waals surface area contributed by atoms with Crippen molar-refractivity contribution in [1.29, 1.82) is 0 Å². The fraction of sp³-hybridized carbons (Fsp3) is 0.182. The molecule has 0 saturated heterocycles. The molecule has 18 heavy (non-hydrogen) atoms. The van der Waals surface area contributed by atoms with E-state index in [-0.39, 0.29) is 0 Å². The first-order valence-electron chi connectivity index (χ1n) is 5.04. The van der Waals surface area contributed by atoms with Gasteiger partial charge in [0.05, 0.1) is 21.8 Å². The van der Waals surface area contributed by atoms with Gasteiger partial charge in [0.25, 0.3) is 0 Å². The number of anilines is 1. The predicted molar refractivity (Wildman–Crippen MR) is 73.1 cm³/mol. The lowest BCUT2D eigenvalue weighted by Crippen LogP contribution is -2.04. The number of hydrogen-bond acceptors (Lipinski definition) is 5. The summed E-state index contributed by atoms with van der Waals surface area (Å²) in [6.45, 7) is 0.341. The maximum Gasteiger partial charge on any atom is 0.180 e. The van der Waals surface area contributed by atoms with E-state index in [9.17, 15) is 0 Å². The van der Waals surface area contributed by atoms with Gasteiger partial charge in [-0.25, -0.2) is 9.97 Å². The van der Waals surface area contributed by atoms with Crippen LogP contribution in [0.15, 0.2) is 22.8 Å². The van der Waals surface area contributed by atoms with Crippen molar-refractivity contribution in [3.05, 3.63) is 33.5 Å². The molecule has 0 aliphatic heterocycles. The third-order valence-electron chi connectivity index (χ3n) is 2.18. The molecule has 0 bridgehead atoms. The molecule has 7 heteroatoms. The number of aromatic nitrogens is 3. The van der Waals surface area contributed by atoms with E-state index >= 15 is 0 Å². The van der Waals surface area contributed by atoms with Gasteiger partial charge in [-0.1, -0.05) is 11.6 Å². The molecule has 5 nitrogen and oxygen atoms in total. The molecule has 2 N–H and O–H groups in total. The molecule has 0 radical (unpaired) electrons. The first-order valence-corrected chi connectivity index (χ1v) is 6.21. The van der Waals surface area contributed by atoms with Crippen LogP contribution in [0.25, 0.3) is 11.5 Å². The largest absolute Gasteiger partial charge is 0.383 e. The smallest absolute Gasteiger partial charge is 0.180 e. The lowest BCUT2D eigenvalue weighted by molar-refractivity contribution is 0.181. The van der Waals surface area contributed by atoms with Gasteiger partial charge in [0, 0.05) is 13.3 Å². The Bertz CT molecular complexity index is 562. The Morgan fingerprint density at radius 3 is 2.78 bits per heavy atom. The van der Waals surface area contributed by atoms with E-state index in [0.29, 0.717) is 39.1 Å². The first-order chi connectivity index (χ1) is 8.61. The predicted octanol–water partition coefficient (Wildman–Crippen LogP) is 2.68. The molecule has 0 fully saturated rings. The standard InChI is InChI=1S/C11H10BrClN4O/c1-18-5-8-9(12)10(14)17-11(16-8)7-3-2-6(13)4-15-7/h2-4H,5H2,1H3,(H2,14,16,17). The minimum Gasteiger partial charge on any atom is -0.383 e. The van der Waals surface area contributed by atoms with Crippen molar-refractivity contribution in [3.63, 3.8) is 0 Å². The summed E-state index contributed by atoms with van der Waals surface area (Å²) in [7, 11) is 1.59. The van der Waals surface area contributed by atoms with E-state index in [0.717, 1.165) is 0 Å². The van der Waals surface area contributed by atoms with Crippen molar-refractivity contribution in [3.8, 4) is 11.5 Å². The van der Waals surface area contributed by atoms with Crippen molar-refractivity contribution in [1.82, 2.24) is 15.0 Å². The normalized spacial score (nSPS) is 10.6. The van der Waals surface area contributed by atoms with Crippen LogP contribution >= 0.6 is 27.5 Å². The number of nitrogens with two attached hydrogens (primary N) is 1. The Kier molecular flexibility index (Phi) is 4.11. The van der Waals surface area contributed by atoms with Crippen molar-refractivity contribution >= 4 is 33.3 Å². The summed E-state index contributed by atoms with van der Waals surface area (Å²) in [5.41, 5.74) is 7.10. The number of pyridine rings is 1. The monoisotopic (exact) mass is 328 g/mol. The highest BCUT2D eigenvalue weighted by atomic mass is 79.9. The van der Waals surface area contributed by atoms with Gasteiger partial charge in [-0.3, -0.25) is 4.98 Å². The number of nitrogen functional groups attached to an aromatic ring is 1. The Morgan fingerprint density at radius 1 is 1.39 bits per heavy atom. The van der Waals surface area contributed by atoms with Gasteiger partial charge in [0.1, 0.15) is 11.5 Å². The Morgan fingerprint density at radius 2 is 2.17 bits per heavy atom. The van der Waals surface area contributed by atoms with Gasteiger partial charge in [0.15, 0.2) is 5.82 Å². The number of rotatable bonds is 3. The lowest BCUT2D eigenvalue weighted by atomic mass is 10.3. The maximum atomic E-state index is 5.81. The molecule has 2 heterocycles. The maximum absolute atomic E-state index is 5.81. The molecule has 0 spiro atoms. The number of ether oxygens (including phenoxy) is 1. The quantitative estimate of drug-likeness (QED) is 0.937. The highest BCUT2D eigenvalue weighted by Crippen LogP contribution is 2.25. The van der Waals surface area contributed by atoms with Gasteiger partial charge in [-0.15, -0.1) is 0 Å². The molecule has 2 aromatic rings. The molecule has 2 aromatic heterocycles. The number of hydrogen-bond donors (Lipinski definition) is 1. The first kappa shape index (κ1) is 13.2. The molecular formula is C11H10BrClN4O. The molecule has 0 saturated carbocycles. The van der Waals surface area contributed by atoms with Gasteiger partial charge >= 0.3 is 0 Å². The Labute approximate surface area is 118 Å². The molecule has 2 rings (SSSR count). The summed E-state index contributed by atoms with van der Waals surface area (Å²) in [5.74, 6) is 0.795. The van der Waals surface area contributed by atoms with E-state index in [1.54, 1.807) is 19.2 Å². The molecule has 0 amide bonds. The minimum absolute atomic E-state index is 0.341. The van der Waals surface area contributed by atoms with Crippen LogP contribution in [0.2, 0.25) is 5.02 Å². The summed E-state index contributed by atoms with van der Waals surface area (Å²) in [6.07, 6.45) is 1.54. The third kappa shape index (κ3) is 2.77. The number of nitrogens with zero attached hydrogens (tertiary/aromatic N) is 3. The van der Waals surface area contributed by atoms with Crippen LogP contribution in [0, 0.1) is 0 Å². The molecule has 0 aliphatic carbocycles. The molecule has 0 unspecified atom stereocenters. The van der Waals surface area contributed by atoms with E-state index in [4.69, 9.17) is 22.1 Å². The van der Waals surface area contributed by atoms with Crippen LogP contribution in [-0.4, -0.2) is 22.1 Å². The minimum atomic E-state index is 0.341. The second-order valence-electron chi connectivity index (χ2n) is 3.49. The molecule has 0 aromatic carbocycles. The average Bonchev–Trinajstić information content (AvgIpc) is 2.36. The summed E-state index contributed by atoms with van der Waals surface area (Å²) < 4.78 is 5.70.